The zero-order valence-corrected chi connectivity index (χ0v) is 9.12. The molecule has 0 aliphatic heterocycles. The van der Waals surface area contributed by atoms with Gasteiger partial charge in [0.1, 0.15) is 5.76 Å². The molecule has 1 aromatic carbocycles. The predicted molar refractivity (Wildman–Crippen MR) is 59.7 cm³/mol. The van der Waals surface area contributed by atoms with Crippen LogP contribution in [0, 0.1) is 0 Å². The Morgan fingerprint density at radius 1 is 1.29 bits per heavy atom. The lowest BCUT2D eigenvalue weighted by atomic mass is 10.1. The molecule has 1 aromatic heterocycles. The van der Waals surface area contributed by atoms with Gasteiger partial charge in [0.25, 0.3) is 0 Å². The highest BCUT2D eigenvalue weighted by Gasteiger charge is 2.06. The summed E-state index contributed by atoms with van der Waals surface area (Å²) in [5.74, 6) is 0.848. The molecule has 0 spiro atoms. The largest absolute Gasteiger partial charge is 0.463 e. The minimum Gasteiger partial charge on any atom is -0.463 e. The lowest BCUT2D eigenvalue weighted by Gasteiger charge is -2.00. The molecule has 14 heavy (non-hydrogen) atoms. The van der Waals surface area contributed by atoms with Crippen LogP contribution in [0.25, 0.3) is 11.3 Å². The molecular formula is C11H10BrNO. The average molecular weight is 252 g/mol. The maximum Gasteiger partial charge on any atom is 0.148 e. The number of benzene rings is 1. The van der Waals surface area contributed by atoms with Crippen molar-refractivity contribution < 1.29 is 4.42 Å². The van der Waals surface area contributed by atoms with E-state index in [1.165, 1.54) is 0 Å². The third-order valence-corrected chi connectivity index (χ3v) is 2.67. The van der Waals surface area contributed by atoms with Crippen LogP contribution in [0.2, 0.25) is 0 Å². The molecular weight excluding hydrogens is 242 g/mol. The predicted octanol–water partition coefficient (Wildman–Crippen LogP) is 3.17. The van der Waals surface area contributed by atoms with Crippen LogP contribution in [0.1, 0.15) is 5.56 Å². The fourth-order valence-corrected chi connectivity index (χ4v) is 1.77. The van der Waals surface area contributed by atoms with Crippen molar-refractivity contribution in [2.75, 3.05) is 0 Å². The van der Waals surface area contributed by atoms with E-state index in [-0.39, 0.29) is 0 Å². The Morgan fingerprint density at radius 2 is 2.14 bits per heavy atom. The van der Waals surface area contributed by atoms with Gasteiger partial charge in [0.15, 0.2) is 0 Å². The lowest BCUT2D eigenvalue weighted by Crippen LogP contribution is -1.95. The van der Waals surface area contributed by atoms with Gasteiger partial charge in [-0.1, -0.05) is 18.2 Å². The number of hydrogen-bond acceptors (Lipinski definition) is 2. The summed E-state index contributed by atoms with van der Waals surface area (Å²) < 4.78 is 6.33. The lowest BCUT2D eigenvalue weighted by molar-refractivity contribution is 0.581. The van der Waals surface area contributed by atoms with Crippen LogP contribution >= 0.6 is 15.9 Å². The summed E-state index contributed by atoms with van der Waals surface area (Å²) in [4.78, 5) is 0. The number of hydrogen-bond donors (Lipinski definition) is 1. The molecule has 0 aliphatic rings. The first-order valence-corrected chi connectivity index (χ1v) is 5.13. The standard InChI is InChI=1S/C11H10BrNO/c12-10-4-5-14-11(10)9-3-1-2-8(6-9)7-13/h1-6H,7,13H2. The molecule has 3 heteroatoms. The fourth-order valence-electron chi connectivity index (χ4n) is 1.34. The Morgan fingerprint density at radius 3 is 2.79 bits per heavy atom. The molecule has 0 saturated heterocycles. The zero-order valence-electron chi connectivity index (χ0n) is 7.53. The van der Waals surface area contributed by atoms with E-state index in [0.29, 0.717) is 6.54 Å². The van der Waals surface area contributed by atoms with Crippen LogP contribution in [0.3, 0.4) is 0 Å². The van der Waals surface area contributed by atoms with Crippen LogP contribution in [0.15, 0.2) is 45.5 Å². The smallest absolute Gasteiger partial charge is 0.148 e. The Balaban J connectivity index is 2.47. The highest BCUT2D eigenvalue weighted by molar-refractivity contribution is 9.10. The van der Waals surface area contributed by atoms with Crippen molar-refractivity contribution in [3.63, 3.8) is 0 Å². The summed E-state index contributed by atoms with van der Waals surface area (Å²) in [7, 11) is 0. The third-order valence-electron chi connectivity index (χ3n) is 2.04. The topological polar surface area (TPSA) is 39.2 Å². The first kappa shape index (κ1) is 9.49. The van der Waals surface area contributed by atoms with Gasteiger partial charge < -0.3 is 10.2 Å². The van der Waals surface area contributed by atoms with Crippen molar-refractivity contribution in [2.24, 2.45) is 5.73 Å². The van der Waals surface area contributed by atoms with Gasteiger partial charge >= 0.3 is 0 Å². The summed E-state index contributed by atoms with van der Waals surface area (Å²) in [6.45, 7) is 0.548. The molecule has 0 atom stereocenters. The van der Waals surface area contributed by atoms with Gasteiger partial charge in [-0.3, -0.25) is 0 Å². The highest BCUT2D eigenvalue weighted by atomic mass is 79.9. The van der Waals surface area contributed by atoms with Crippen molar-refractivity contribution in [2.45, 2.75) is 6.54 Å². The second-order valence-electron chi connectivity index (χ2n) is 3.00. The summed E-state index contributed by atoms with van der Waals surface area (Å²) in [6, 6.07) is 9.89. The van der Waals surface area contributed by atoms with Gasteiger partial charge in [-0.25, -0.2) is 0 Å². The van der Waals surface area contributed by atoms with E-state index in [9.17, 15) is 0 Å². The quantitative estimate of drug-likeness (QED) is 0.891. The Labute approximate surface area is 90.9 Å². The molecule has 0 aliphatic carbocycles. The van der Waals surface area contributed by atoms with Crippen LogP contribution in [-0.2, 0) is 6.54 Å². The Kier molecular flexibility index (Phi) is 2.70. The van der Waals surface area contributed by atoms with E-state index >= 15 is 0 Å². The van der Waals surface area contributed by atoms with E-state index in [1.54, 1.807) is 6.26 Å². The number of furan rings is 1. The number of halogens is 1. The molecule has 0 amide bonds. The SMILES string of the molecule is NCc1cccc(-c2occc2Br)c1. The summed E-state index contributed by atoms with van der Waals surface area (Å²) >= 11 is 3.42. The first-order valence-electron chi connectivity index (χ1n) is 4.33. The molecule has 72 valence electrons. The van der Waals surface area contributed by atoms with Crippen molar-refractivity contribution in [1.29, 1.82) is 0 Å². The van der Waals surface area contributed by atoms with Crippen LogP contribution in [0.5, 0.6) is 0 Å². The van der Waals surface area contributed by atoms with Crippen molar-refractivity contribution >= 4 is 15.9 Å². The maximum atomic E-state index is 5.57. The molecule has 0 radical (unpaired) electrons. The zero-order chi connectivity index (χ0) is 9.97. The van der Waals surface area contributed by atoms with E-state index in [2.05, 4.69) is 15.9 Å². The summed E-state index contributed by atoms with van der Waals surface area (Å²) in [6.07, 6.45) is 1.66. The molecule has 0 unspecified atom stereocenters. The maximum absolute atomic E-state index is 5.57. The minimum atomic E-state index is 0.548. The summed E-state index contributed by atoms with van der Waals surface area (Å²) in [5, 5.41) is 0. The normalized spacial score (nSPS) is 10.4. The second-order valence-corrected chi connectivity index (χ2v) is 3.86. The van der Waals surface area contributed by atoms with Gasteiger partial charge in [-0.2, -0.15) is 0 Å². The molecule has 0 saturated carbocycles. The van der Waals surface area contributed by atoms with Gasteiger partial charge in [0.05, 0.1) is 10.7 Å². The van der Waals surface area contributed by atoms with Gasteiger partial charge in [-0.15, -0.1) is 0 Å². The number of nitrogens with two attached hydrogens (primary N) is 1. The molecule has 2 nitrogen and oxygen atoms in total. The first-order chi connectivity index (χ1) is 6.81. The Bertz CT molecular complexity index is 436. The van der Waals surface area contributed by atoms with E-state index < -0.39 is 0 Å². The van der Waals surface area contributed by atoms with Crippen LogP contribution < -0.4 is 5.73 Å². The van der Waals surface area contributed by atoms with Crippen LogP contribution in [-0.4, -0.2) is 0 Å². The van der Waals surface area contributed by atoms with Crippen molar-refractivity contribution in [3.8, 4) is 11.3 Å². The van der Waals surface area contributed by atoms with Gasteiger partial charge in [0, 0.05) is 12.1 Å². The van der Waals surface area contributed by atoms with Gasteiger partial charge in [0.2, 0.25) is 0 Å². The van der Waals surface area contributed by atoms with Crippen molar-refractivity contribution in [1.82, 2.24) is 0 Å². The average Bonchev–Trinajstić information content (AvgIpc) is 2.65. The molecule has 0 fully saturated rings. The minimum absolute atomic E-state index is 0.548. The molecule has 0 bridgehead atoms. The van der Waals surface area contributed by atoms with Gasteiger partial charge in [-0.05, 0) is 33.6 Å². The van der Waals surface area contributed by atoms with E-state index in [0.717, 1.165) is 21.4 Å². The number of rotatable bonds is 2. The molecule has 2 N–H and O–H groups in total. The van der Waals surface area contributed by atoms with Crippen molar-refractivity contribution in [3.05, 3.63) is 46.6 Å². The monoisotopic (exact) mass is 251 g/mol. The second kappa shape index (κ2) is 3.98. The third kappa shape index (κ3) is 1.74. The van der Waals surface area contributed by atoms with E-state index in [4.69, 9.17) is 10.2 Å². The molecule has 2 rings (SSSR count). The summed E-state index contributed by atoms with van der Waals surface area (Å²) in [5.41, 5.74) is 7.72. The molecule has 1 heterocycles. The fraction of sp³-hybridized carbons (Fsp3) is 0.0909. The molecule has 2 aromatic rings. The highest BCUT2D eigenvalue weighted by Crippen LogP contribution is 2.29. The van der Waals surface area contributed by atoms with Crippen LogP contribution in [0.4, 0.5) is 0 Å². The van der Waals surface area contributed by atoms with E-state index in [1.807, 2.05) is 30.3 Å². The Hall–Kier alpha value is -1.06.